The van der Waals surface area contributed by atoms with Crippen LogP contribution in [0.4, 0.5) is 0 Å². The Kier molecular flexibility index (Phi) is 4.24. The van der Waals surface area contributed by atoms with E-state index in [1.54, 1.807) is 12.5 Å². The highest BCUT2D eigenvalue weighted by Crippen LogP contribution is 2.62. The Morgan fingerprint density at radius 2 is 1.88 bits per heavy atom. The molecule has 2 aromatic carbocycles. The number of carbonyl (C=O) groups is 1. The van der Waals surface area contributed by atoms with Gasteiger partial charge in [0.15, 0.2) is 0 Å². The summed E-state index contributed by atoms with van der Waals surface area (Å²) in [5.41, 5.74) is 2.73. The molecular formula is C25H23N5O2. The maximum atomic E-state index is 12.8. The molecule has 32 heavy (non-hydrogen) atoms. The van der Waals surface area contributed by atoms with Gasteiger partial charge in [-0.3, -0.25) is 9.59 Å². The molecule has 6 rings (SSSR count). The third-order valence-corrected chi connectivity index (χ3v) is 7.08. The van der Waals surface area contributed by atoms with Crippen molar-refractivity contribution in [2.24, 2.45) is 5.41 Å². The molecule has 2 aliphatic carbocycles. The zero-order valence-electron chi connectivity index (χ0n) is 17.5. The number of H-pyrrole nitrogens is 1. The predicted molar refractivity (Wildman–Crippen MR) is 121 cm³/mol. The Balaban J connectivity index is 1.09. The summed E-state index contributed by atoms with van der Waals surface area (Å²) in [6.45, 7) is 0. The summed E-state index contributed by atoms with van der Waals surface area (Å²) in [5, 5.41) is 11.9. The number of carbonyl (C=O) groups excluding carboxylic acids is 1. The maximum absolute atomic E-state index is 12.8. The molecule has 0 unspecified atom stereocenters. The van der Waals surface area contributed by atoms with Crippen molar-refractivity contribution in [2.75, 3.05) is 0 Å². The second kappa shape index (κ2) is 7.15. The van der Waals surface area contributed by atoms with Crippen molar-refractivity contribution >= 4 is 16.7 Å². The first-order valence-electron chi connectivity index (χ1n) is 11.0. The Morgan fingerprint density at radius 3 is 2.66 bits per heavy atom. The van der Waals surface area contributed by atoms with Gasteiger partial charge in [-0.25, -0.2) is 10.1 Å². The zero-order chi connectivity index (χ0) is 21.7. The molecule has 0 saturated heterocycles. The number of benzene rings is 2. The van der Waals surface area contributed by atoms with Crippen LogP contribution in [0, 0.1) is 5.41 Å². The number of aromatic nitrogens is 4. The van der Waals surface area contributed by atoms with Crippen LogP contribution in [-0.2, 0) is 0 Å². The highest BCUT2D eigenvalue weighted by molar-refractivity contribution is 5.95. The SMILES string of the molecule is O=C(NC1CC2(C1)CC(c1n[nH]c(=O)c3ccccc13)C2)c1cccc(-n2ccnc2)c1. The fourth-order valence-electron chi connectivity index (χ4n) is 5.54. The van der Waals surface area contributed by atoms with E-state index in [0.29, 0.717) is 22.3 Å². The van der Waals surface area contributed by atoms with Crippen LogP contribution < -0.4 is 10.9 Å². The number of fused-ring (bicyclic) bond motifs is 1. The number of aromatic amines is 1. The molecule has 0 bridgehead atoms. The predicted octanol–water partition coefficient (Wildman–Crippen LogP) is 3.57. The summed E-state index contributed by atoms with van der Waals surface area (Å²) in [4.78, 5) is 28.9. The third-order valence-electron chi connectivity index (χ3n) is 7.08. The number of nitrogens with one attached hydrogen (secondary N) is 2. The molecule has 2 saturated carbocycles. The van der Waals surface area contributed by atoms with Gasteiger partial charge in [0.05, 0.1) is 17.4 Å². The van der Waals surface area contributed by atoms with Crippen LogP contribution in [0.5, 0.6) is 0 Å². The first kappa shape index (κ1) is 19.0. The summed E-state index contributed by atoms with van der Waals surface area (Å²) in [7, 11) is 0. The minimum absolute atomic E-state index is 0.0315. The molecule has 2 aromatic heterocycles. The highest BCUT2D eigenvalue weighted by atomic mass is 16.1. The van der Waals surface area contributed by atoms with Crippen LogP contribution in [0.15, 0.2) is 72.0 Å². The number of imidazole rings is 1. The molecule has 7 heteroatoms. The molecule has 2 aliphatic rings. The first-order chi connectivity index (χ1) is 15.6. The molecule has 0 atom stereocenters. The standard InChI is InChI=1S/C25H23N5O2/c31-23(16-4-3-5-19(10-16)30-9-8-26-15-30)27-18-13-25(14-18)11-17(12-25)22-20-6-1-2-7-21(20)24(32)29-28-22/h1-10,15,17-18H,11-14H2,(H,27,31)(H,29,32). The van der Waals surface area contributed by atoms with Gasteiger partial charge in [0.2, 0.25) is 0 Å². The van der Waals surface area contributed by atoms with Crippen LogP contribution >= 0.6 is 0 Å². The van der Waals surface area contributed by atoms with Gasteiger partial charge >= 0.3 is 0 Å². The first-order valence-corrected chi connectivity index (χ1v) is 11.0. The number of hydrogen-bond acceptors (Lipinski definition) is 4. The lowest BCUT2D eigenvalue weighted by Crippen LogP contribution is -2.55. The second-order valence-electron chi connectivity index (χ2n) is 9.19. The number of rotatable bonds is 4. The largest absolute Gasteiger partial charge is 0.349 e. The Hall–Kier alpha value is -3.74. The van der Waals surface area contributed by atoms with Gasteiger partial charge in [-0.15, -0.1) is 0 Å². The van der Waals surface area contributed by atoms with Crippen molar-refractivity contribution in [3.05, 3.63) is 88.9 Å². The van der Waals surface area contributed by atoms with Gasteiger partial charge in [0.1, 0.15) is 0 Å². The molecule has 1 amide bonds. The van der Waals surface area contributed by atoms with Gasteiger partial charge in [0, 0.05) is 41.0 Å². The summed E-state index contributed by atoms with van der Waals surface area (Å²) >= 11 is 0. The average molecular weight is 425 g/mol. The quantitative estimate of drug-likeness (QED) is 0.523. The van der Waals surface area contributed by atoms with E-state index < -0.39 is 0 Å². The molecule has 7 nitrogen and oxygen atoms in total. The van der Waals surface area contributed by atoms with Crippen molar-refractivity contribution in [1.82, 2.24) is 25.1 Å². The fourth-order valence-corrected chi connectivity index (χ4v) is 5.54. The lowest BCUT2D eigenvalue weighted by molar-refractivity contribution is -0.0196. The normalized spacial score (nSPS) is 24.1. The van der Waals surface area contributed by atoms with Crippen LogP contribution in [0.1, 0.15) is 47.7 Å². The van der Waals surface area contributed by atoms with E-state index >= 15 is 0 Å². The molecule has 2 fully saturated rings. The average Bonchev–Trinajstić information content (AvgIpc) is 3.30. The summed E-state index contributed by atoms with van der Waals surface area (Å²) in [5.74, 6) is 0.330. The van der Waals surface area contributed by atoms with E-state index in [2.05, 4.69) is 20.5 Å². The highest BCUT2D eigenvalue weighted by Gasteiger charge is 2.54. The van der Waals surface area contributed by atoms with E-state index in [9.17, 15) is 9.59 Å². The molecule has 1 spiro atoms. The van der Waals surface area contributed by atoms with Gasteiger partial charge in [0.25, 0.3) is 11.5 Å². The summed E-state index contributed by atoms with van der Waals surface area (Å²) < 4.78 is 1.89. The topological polar surface area (TPSA) is 92.7 Å². The van der Waals surface area contributed by atoms with Crippen molar-refractivity contribution in [3.63, 3.8) is 0 Å². The van der Waals surface area contributed by atoms with Crippen molar-refractivity contribution in [3.8, 4) is 5.69 Å². The van der Waals surface area contributed by atoms with Crippen LogP contribution in [-0.4, -0.2) is 31.7 Å². The maximum Gasteiger partial charge on any atom is 0.272 e. The minimum atomic E-state index is -0.137. The third kappa shape index (κ3) is 3.12. The van der Waals surface area contributed by atoms with E-state index in [1.165, 1.54) is 0 Å². The Labute approximate surface area is 184 Å². The summed E-state index contributed by atoms with van der Waals surface area (Å²) in [6, 6.07) is 15.5. The molecular weight excluding hydrogens is 402 g/mol. The van der Waals surface area contributed by atoms with E-state index in [4.69, 9.17) is 0 Å². The zero-order valence-corrected chi connectivity index (χ0v) is 17.5. The van der Waals surface area contributed by atoms with E-state index in [-0.39, 0.29) is 17.5 Å². The minimum Gasteiger partial charge on any atom is -0.349 e. The summed E-state index contributed by atoms with van der Waals surface area (Å²) in [6.07, 6.45) is 9.41. The Morgan fingerprint density at radius 1 is 1.06 bits per heavy atom. The molecule has 2 N–H and O–H groups in total. The van der Waals surface area contributed by atoms with Crippen molar-refractivity contribution in [2.45, 2.75) is 37.6 Å². The van der Waals surface area contributed by atoms with Gasteiger partial charge < -0.3 is 9.88 Å². The van der Waals surface area contributed by atoms with Crippen LogP contribution in [0.25, 0.3) is 16.5 Å². The van der Waals surface area contributed by atoms with Gasteiger partial charge in [-0.05, 0) is 55.4 Å². The molecule has 0 radical (unpaired) electrons. The molecule has 0 aliphatic heterocycles. The smallest absolute Gasteiger partial charge is 0.272 e. The molecule has 2 heterocycles. The fraction of sp³-hybridized carbons (Fsp3) is 0.280. The van der Waals surface area contributed by atoms with Gasteiger partial charge in [-0.1, -0.05) is 24.3 Å². The van der Waals surface area contributed by atoms with Crippen molar-refractivity contribution in [1.29, 1.82) is 0 Å². The number of hydrogen-bond donors (Lipinski definition) is 2. The van der Waals surface area contributed by atoms with Crippen LogP contribution in [0.3, 0.4) is 0 Å². The number of amides is 1. The molecule has 160 valence electrons. The lowest BCUT2D eigenvalue weighted by atomic mass is 9.49. The van der Waals surface area contributed by atoms with E-state index in [0.717, 1.165) is 42.5 Å². The lowest BCUT2D eigenvalue weighted by Gasteiger charge is -2.57. The van der Waals surface area contributed by atoms with Crippen molar-refractivity contribution < 1.29 is 4.79 Å². The Bertz CT molecular complexity index is 1360. The monoisotopic (exact) mass is 425 g/mol. The van der Waals surface area contributed by atoms with Crippen LogP contribution in [0.2, 0.25) is 0 Å². The van der Waals surface area contributed by atoms with Gasteiger partial charge in [-0.2, -0.15) is 5.10 Å². The van der Waals surface area contributed by atoms with E-state index in [1.807, 2.05) is 59.3 Å². The molecule has 4 aromatic rings. The second-order valence-corrected chi connectivity index (χ2v) is 9.19. The number of nitrogens with zero attached hydrogens (tertiary/aromatic N) is 3.